The molecule has 3 N–H and O–H groups in total. The Morgan fingerprint density at radius 2 is 2.06 bits per heavy atom. The van der Waals surface area contributed by atoms with Crippen molar-refractivity contribution >= 4 is 29.7 Å². The molecule has 0 bridgehead atoms. The van der Waals surface area contributed by atoms with E-state index >= 15 is 0 Å². The van der Waals surface area contributed by atoms with Crippen molar-refractivity contribution < 1.29 is 9.90 Å². The second-order valence-electron chi connectivity index (χ2n) is 3.67. The third-order valence-corrected chi connectivity index (χ3v) is 3.33. The van der Waals surface area contributed by atoms with Gasteiger partial charge >= 0.3 is 5.97 Å². The fourth-order valence-corrected chi connectivity index (χ4v) is 2.31. The van der Waals surface area contributed by atoms with Crippen molar-refractivity contribution in [3.8, 4) is 0 Å². The standard InChI is InChI=1S/C12H12N2O2S.ClH/c13-9(6-8-4-2-1-3-5-8)11-14-10(7-17-11)12(15)16;/h1-5,7,9H,6,13H2,(H,15,16);1H/t9-;/m0./s1. The Labute approximate surface area is 115 Å². The molecule has 1 aromatic heterocycles. The molecule has 2 rings (SSSR count). The van der Waals surface area contributed by atoms with Crippen molar-refractivity contribution in [1.29, 1.82) is 0 Å². The zero-order valence-electron chi connectivity index (χ0n) is 9.45. The molecule has 4 nitrogen and oxygen atoms in total. The summed E-state index contributed by atoms with van der Waals surface area (Å²) in [6.07, 6.45) is 0.660. The largest absolute Gasteiger partial charge is 0.476 e. The Bertz CT molecular complexity index is 516. The highest BCUT2D eigenvalue weighted by molar-refractivity contribution is 7.09. The molecule has 96 valence electrons. The summed E-state index contributed by atoms with van der Waals surface area (Å²) in [5, 5.41) is 10.9. The van der Waals surface area contributed by atoms with E-state index in [1.54, 1.807) is 0 Å². The number of hydrogen-bond acceptors (Lipinski definition) is 4. The van der Waals surface area contributed by atoms with Crippen LogP contribution in [-0.2, 0) is 6.42 Å². The molecule has 6 heteroatoms. The predicted molar refractivity (Wildman–Crippen MR) is 73.4 cm³/mol. The number of hydrogen-bond donors (Lipinski definition) is 2. The van der Waals surface area contributed by atoms with E-state index in [1.165, 1.54) is 16.7 Å². The molecule has 0 aliphatic heterocycles. The number of carboxylic acids is 1. The molecular weight excluding hydrogens is 272 g/mol. The summed E-state index contributed by atoms with van der Waals surface area (Å²) in [5.74, 6) is -1.01. The van der Waals surface area contributed by atoms with Gasteiger partial charge in [0.15, 0.2) is 5.69 Å². The quantitative estimate of drug-likeness (QED) is 0.904. The summed E-state index contributed by atoms with van der Waals surface area (Å²) in [5.41, 5.74) is 7.18. The lowest BCUT2D eigenvalue weighted by Crippen LogP contribution is -2.13. The van der Waals surface area contributed by atoms with Crippen LogP contribution in [0.5, 0.6) is 0 Å². The first kappa shape index (κ1) is 14.6. The number of carbonyl (C=O) groups is 1. The highest BCUT2D eigenvalue weighted by Gasteiger charge is 2.14. The van der Waals surface area contributed by atoms with Gasteiger partial charge in [0.25, 0.3) is 0 Å². The molecule has 0 radical (unpaired) electrons. The molecule has 0 aliphatic carbocycles. The maximum atomic E-state index is 10.7. The molecule has 0 fully saturated rings. The van der Waals surface area contributed by atoms with Gasteiger partial charge in [0, 0.05) is 5.38 Å². The topological polar surface area (TPSA) is 76.2 Å². The number of benzene rings is 1. The maximum absolute atomic E-state index is 10.7. The van der Waals surface area contributed by atoms with Gasteiger partial charge < -0.3 is 10.8 Å². The monoisotopic (exact) mass is 284 g/mol. The molecule has 0 spiro atoms. The van der Waals surface area contributed by atoms with Crippen molar-refractivity contribution in [3.63, 3.8) is 0 Å². The van der Waals surface area contributed by atoms with Gasteiger partial charge in [0.2, 0.25) is 0 Å². The summed E-state index contributed by atoms with van der Waals surface area (Å²) in [6.45, 7) is 0. The van der Waals surface area contributed by atoms with Crippen LogP contribution >= 0.6 is 23.7 Å². The average Bonchev–Trinajstić information content (AvgIpc) is 2.79. The van der Waals surface area contributed by atoms with Crippen LogP contribution in [0.4, 0.5) is 0 Å². The third kappa shape index (κ3) is 3.53. The van der Waals surface area contributed by atoms with Gasteiger partial charge in [0.1, 0.15) is 5.01 Å². The van der Waals surface area contributed by atoms with Gasteiger partial charge in [-0.1, -0.05) is 30.3 Å². The first-order valence-electron chi connectivity index (χ1n) is 5.15. The average molecular weight is 285 g/mol. The minimum absolute atomic E-state index is 0. The zero-order chi connectivity index (χ0) is 12.3. The number of nitrogens with zero attached hydrogens (tertiary/aromatic N) is 1. The van der Waals surface area contributed by atoms with Crippen LogP contribution in [-0.4, -0.2) is 16.1 Å². The number of carboxylic acid groups (broad SMARTS) is 1. The van der Waals surface area contributed by atoms with Crippen LogP contribution in [0.2, 0.25) is 0 Å². The minimum atomic E-state index is -1.01. The van der Waals surface area contributed by atoms with E-state index in [0.29, 0.717) is 11.4 Å². The Morgan fingerprint density at radius 1 is 1.39 bits per heavy atom. The van der Waals surface area contributed by atoms with E-state index in [2.05, 4.69) is 4.98 Å². The Hall–Kier alpha value is -1.43. The fourth-order valence-electron chi connectivity index (χ4n) is 1.51. The smallest absolute Gasteiger partial charge is 0.355 e. The normalized spacial score (nSPS) is 11.6. The fraction of sp³-hybridized carbons (Fsp3) is 0.167. The Morgan fingerprint density at radius 3 is 2.61 bits per heavy atom. The van der Waals surface area contributed by atoms with Gasteiger partial charge in [-0.2, -0.15) is 0 Å². The van der Waals surface area contributed by atoms with E-state index in [9.17, 15) is 4.79 Å². The third-order valence-electron chi connectivity index (χ3n) is 2.36. The minimum Gasteiger partial charge on any atom is -0.476 e. The van der Waals surface area contributed by atoms with Crippen molar-refractivity contribution in [2.75, 3.05) is 0 Å². The molecule has 0 aliphatic rings. The van der Waals surface area contributed by atoms with Crippen LogP contribution in [0.3, 0.4) is 0 Å². The van der Waals surface area contributed by atoms with Gasteiger partial charge in [0.05, 0.1) is 6.04 Å². The van der Waals surface area contributed by atoms with Gasteiger partial charge in [-0.3, -0.25) is 0 Å². The van der Waals surface area contributed by atoms with Crippen molar-refractivity contribution in [1.82, 2.24) is 4.98 Å². The van der Waals surface area contributed by atoms with Gasteiger partial charge in [-0.15, -0.1) is 23.7 Å². The molecule has 1 aromatic carbocycles. The number of thiazole rings is 1. The lowest BCUT2D eigenvalue weighted by molar-refractivity contribution is 0.0691. The highest BCUT2D eigenvalue weighted by Crippen LogP contribution is 2.20. The first-order valence-corrected chi connectivity index (χ1v) is 6.03. The summed E-state index contributed by atoms with van der Waals surface area (Å²) < 4.78 is 0. The van der Waals surface area contributed by atoms with Crippen LogP contribution in [0.25, 0.3) is 0 Å². The molecule has 0 amide bonds. The number of rotatable bonds is 4. The molecule has 0 saturated heterocycles. The highest BCUT2D eigenvalue weighted by atomic mass is 35.5. The summed E-state index contributed by atoms with van der Waals surface area (Å²) in [4.78, 5) is 14.7. The van der Waals surface area contributed by atoms with Crippen LogP contribution < -0.4 is 5.73 Å². The van der Waals surface area contributed by atoms with Crippen LogP contribution in [0.15, 0.2) is 35.7 Å². The summed E-state index contributed by atoms with van der Waals surface area (Å²) >= 11 is 1.29. The number of aromatic nitrogens is 1. The number of halogens is 1. The maximum Gasteiger partial charge on any atom is 0.355 e. The Balaban J connectivity index is 0.00000162. The van der Waals surface area contributed by atoms with Crippen molar-refractivity contribution in [2.24, 2.45) is 5.73 Å². The van der Waals surface area contributed by atoms with E-state index in [1.807, 2.05) is 30.3 Å². The van der Waals surface area contributed by atoms with E-state index in [0.717, 1.165) is 5.56 Å². The molecular formula is C12H13ClN2O2S. The van der Waals surface area contributed by atoms with Crippen molar-refractivity contribution in [2.45, 2.75) is 12.5 Å². The molecule has 1 atom stereocenters. The molecule has 2 aromatic rings. The van der Waals surface area contributed by atoms with Gasteiger partial charge in [-0.25, -0.2) is 9.78 Å². The number of nitrogens with two attached hydrogens (primary N) is 1. The summed E-state index contributed by atoms with van der Waals surface area (Å²) in [6, 6.07) is 9.58. The van der Waals surface area contributed by atoms with Crippen LogP contribution in [0.1, 0.15) is 27.1 Å². The molecule has 0 unspecified atom stereocenters. The van der Waals surface area contributed by atoms with E-state index in [4.69, 9.17) is 10.8 Å². The lowest BCUT2D eigenvalue weighted by Gasteiger charge is -2.07. The SMILES string of the molecule is Cl.N[C@@H](Cc1ccccc1)c1nc(C(=O)O)cs1. The predicted octanol–water partition coefficient (Wildman–Crippen LogP) is 2.51. The number of aromatic carboxylic acids is 1. The molecule has 18 heavy (non-hydrogen) atoms. The second-order valence-corrected chi connectivity index (χ2v) is 4.56. The Kier molecular flexibility index (Phi) is 5.27. The molecule has 0 saturated carbocycles. The summed E-state index contributed by atoms with van der Waals surface area (Å²) in [7, 11) is 0. The molecule has 1 heterocycles. The van der Waals surface area contributed by atoms with E-state index in [-0.39, 0.29) is 24.1 Å². The van der Waals surface area contributed by atoms with Gasteiger partial charge in [-0.05, 0) is 12.0 Å². The zero-order valence-corrected chi connectivity index (χ0v) is 11.1. The second kappa shape index (κ2) is 6.49. The van der Waals surface area contributed by atoms with Crippen LogP contribution in [0, 0.1) is 0 Å². The van der Waals surface area contributed by atoms with Crippen molar-refractivity contribution in [3.05, 3.63) is 52.0 Å². The van der Waals surface area contributed by atoms with E-state index < -0.39 is 5.97 Å². The lowest BCUT2D eigenvalue weighted by atomic mass is 10.1. The first-order chi connectivity index (χ1) is 8.16.